The van der Waals surface area contributed by atoms with Gasteiger partial charge in [0.1, 0.15) is 35.3 Å². The van der Waals surface area contributed by atoms with E-state index in [0.29, 0.717) is 63.6 Å². The topological polar surface area (TPSA) is 121 Å². The number of fused-ring (bicyclic) bond motifs is 1. The second-order valence-electron chi connectivity index (χ2n) is 8.38. The number of hydrogen-bond acceptors (Lipinski definition) is 8. The molecule has 0 aliphatic carbocycles. The molecule has 11 heteroatoms. The number of halogens is 1. The minimum atomic E-state index is -0.385. The molecule has 5 rings (SSSR count). The lowest BCUT2D eigenvalue weighted by molar-refractivity contribution is 0.0964. The van der Waals surface area contributed by atoms with Gasteiger partial charge in [-0.25, -0.2) is 9.07 Å². The van der Waals surface area contributed by atoms with E-state index in [1.54, 1.807) is 32.3 Å². The van der Waals surface area contributed by atoms with Gasteiger partial charge < -0.3 is 19.0 Å². The number of amides is 1. The molecule has 1 amide bonds. The Bertz CT molecular complexity index is 1560. The molecule has 1 N–H and O–H groups in total. The number of nitrogens with zero attached hydrogens (tertiary/aromatic N) is 5. The maximum absolute atomic E-state index is 13.6. The van der Waals surface area contributed by atoms with E-state index in [-0.39, 0.29) is 18.3 Å². The number of aromatic nitrogens is 5. The number of carbonyl (C=O) groups is 1. The average Bonchev–Trinajstić information content (AvgIpc) is 3.62. The molecule has 0 radical (unpaired) electrons. The molecule has 0 fully saturated rings. The van der Waals surface area contributed by atoms with Crippen molar-refractivity contribution in [3.05, 3.63) is 65.1 Å². The third-order valence-electron chi connectivity index (χ3n) is 6.17. The lowest BCUT2D eigenvalue weighted by atomic mass is 9.97. The summed E-state index contributed by atoms with van der Waals surface area (Å²) in [6.07, 6.45) is 1.27. The first-order chi connectivity index (χ1) is 17.9. The van der Waals surface area contributed by atoms with E-state index in [1.807, 2.05) is 19.9 Å². The minimum Gasteiger partial charge on any atom is -0.485 e. The van der Waals surface area contributed by atoms with Crippen molar-refractivity contribution < 1.29 is 22.9 Å². The number of ether oxygens (including phenoxy) is 1. The van der Waals surface area contributed by atoms with E-state index in [1.165, 1.54) is 16.8 Å². The molecule has 2 aromatic carbocycles. The second-order valence-corrected chi connectivity index (χ2v) is 8.38. The Morgan fingerprint density at radius 1 is 1.16 bits per heavy atom. The number of furan rings is 1. The Balaban J connectivity index is 1.75. The Kier molecular flexibility index (Phi) is 6.43. The van der Waals surface area contributed by atoms with Crippen LogP contribution in [0.4, 0.5) is 4.39 Å². The molecule has 37 heavy (non-hydrogen) atoms. The molecule has 190 valence electrons. The Morgan fingerprint density at radius 3 is 2.59 bits per heavy atom. The molecule has 3 heterocycles. The van der Waals surface area contributed by atoms with Crippen LogP contribution in [0.25, 0.3) is 33.4 Å². The minimum absolute atomic E-state index is 0.0914. The van der Waals surface area contributed by atoms with Gasteiger partial charge in [0.05, 0.1) is 16.8 Å². The van der Waals surface area contributed by atoms with Crippen molar-refractivity contribution in [3.8, 4) is 28.2 Å². The molecular weight excluding hydrogens is 479 g/mol. The molecular formula is C26H25FN6O4. The molecule has 0 saturated carbocycles. The van der Waals surface area contributed by atoms with Crippen LogP contribution in [0.5, 0.6) is 5.75 Å². The fourth-order valence-corrected chi connectivity index (χ4v) is 4.26. The van der Waals surface area contributed by atoms with Gasteiger partial charge in [-0.15, -0.1) is 5.10 Å². The summed E-state index contributed by atoms with van der Waals surface area (Å²) in [4.78, 5) is 13.0. The summed E-state index contributed by atoms with van der Waals surface area (Å²) in [5.41, 5.74) is 3.65. The van der Waals surface area contributed by atoms with E-state index >= 15 is 0 Å². The van der Waals surface area contributed by atoms with Gasteiger partial charge in [-0.05, 0) is 53.2 Å². The number of hydrogen-bond donors (Lipinski definition) is 1. The summed E-state index contributed by atoms with van der Waals surface area (Å²) in [5.74, 6) is 1.31. The lowest BCUT2D eigenvalue weighted by Gasteiger charge is -2.12. The van der Waals surface area contributed by atoms with Crippen LogP contribution in [-0.2, 0) is 26.5 Å². The third kappa shape index (κ3) is 4.32. The van der Waals surface area contributed by atoms with Crippen LogP contribution in [0.15, 0.2) is 45.3 Å². The van der Waals surface area contributed by atoms with E-state index in [2.05, 4.69) is 26.0 Å². The highest BCUT2D eigenvalue weighted by atomic mass is 19.1. The number of benzene rings is 2. The molecule has 10 nitrogen and oxygen atoms in total. The summed E-state index contributed by atoms with van der Waals surface area (Å²) in [6.45, 7) is 4.07. The number of aryl methyl sites for hydroxylation is 3. The Hall–Kier alpha value is -4.54. The van der Waals surface area contributed by atoms with E-state index in [0.717, 1.165) is 11.3 Å². The number of rotatable bonds is 8. The van der Waals surface area contributed by atoms with Crippen molar-refractivity contribution in [3.63, 3.8) is 0 Å². The highest BCUT2D eigenvalue weighted by molar-refractivity contribution is 6.12. The van der Waals surface area contributed by atoms with Crippen LogP contribution in [0, 0.1) is 5.82 Å². The highest BCUT2D eigenvalue weighted by Gasteiger charge is 2.26. The zero-order valence-corrected chi connectivity index (χ0v) is 20.8. The molecule has 0 aliphatic heterocycles. The van der Waals surface area contributed by atoms with Gasteiger partial charge in [0.15, 0.2) is 5.82 Å². The maximum atomic E-state index is 13.6. The van der Waals surface area contributed by atoms with Crippen molar-refractivity contribution in [1.82, 2.24) is 30.7 Å². The van der Waals surface area contributed by atoms with Gasteiger partial charge in [-0.2, -0.15) is 0 Å². The summed E-state index contributed by atoms with van der Waals surface area (Å²) in [6, 6.07) is 9.38. The van der Waals surface area contributed by atoms with Crippen LogP contribution < -0.4 is 10.1 Å². The SMILES string of the molecule is CCc1noc(CC)c1-c1cc2oc(-c3ccc(F)cc3)c(C(=O)NC)c2cc1OCc1nnnn1C. The zero-order valence-electron chi connectivity index (χ0n) is 20.8. The first kappa shape index (κ1) is 24.2. The van der Waals surface area contributed by atoms with Crippen LogP contribution in [0.1, 0.15) is 41.5 Å². The number of carbonyl (C=O) groups excluding carboxylic acids is 1. The number of nitrogens with one attached hydrogen (secondary N) is 1. The predicted octanol–water partition coefficient (Wildman–Crippen LogP) is 4.48. The normalized spacial score (nSPS) is 11.3. The largest absolute Gasteiger partial charge is 0.485 e. The van der Waals surface area contributed by atoms with Gasteiger partial charge >= 0.3 is 0 Å². The van der Waals surface area contributed by atoms with Gasteiger partial charge in [-0.1, -0.05) is 19.0 Å². The van der Waals surface area contributed by atoms with Gasteiger partial charge in [-0.3, -0.25) is 4.79 Å². The number of tetrazole rings is 1. The van der Waals surface area contributed by atoms with Crippen LogP contribution in [0.3, 0.4) is 0 Å². The summed E-state index contributed by atoms with van der Waals surface area (Å²) in [7, 11) is 3.27. The smallest absolute Gasteiger partial charge is 0.255 e. The van der Waals surface area contributed by atoms with E-state index < -0.39 is 0 Å². The average molecular weight is 505 g/mol. The molecule has 5 aromatic rings. The van der Waals surface area contributed by atoms with Crippen molar-refractivity contribution in [1.29, 1.82) is 0 Å². The zero-order chi connectivity index (χ0) is 26.1. The summed E-state index contributed by atoms with van der Waals surface area (Å²) < 4.78 is 33.2. The van der Waals surface area contributed by atoms with Gasteiger partial charge in [0.25, 0.3) is 5.91 Å². The van der Waals surface area contributed by atoms with Gasteiger partial charge in [0, 0.05) is 37.0 Å². The van der Waals surface area contributed by atoms with Crippen LogP contribution in [-0.4, -0.2) is 38.3 Å². The Morgan fingerprint density at radius 2 is 1.95 bits per heavy atom. The van der Waals surface area contributed by atoms with Crippen molar-refractivity contribution in [2.24, 2.45) is 7.05 Å². The molecule has 0 bridgehead atoms. The monoisotopic (exact) mass is 504 g/mol. The molecule has 0 aliphatic rings. The van der Waals surface area contributed by atoms with E-state index in [9.17, 15) is 9.18 Å². The first-order valence-electron chi connectivity index (χ1n) is 11.8. The quantitative estimate of drug-likeness (QED) is 0.328. The first-order valence-corrected chi connectivity index (χ1v) is 11.8. The third-order valence-corrected chi connectivity index (χ3v) is 6.17. The van der Waals surface area contributed by atoms with Crippen molar-refractivity contribution in [2.75, 3.05) is 7.05 Å². The Labute approximate surface area is 211 Å². The lowest BCUT2D eigenvalue weighted by Crippen LogP contribution is -2.18. The standard InChI is InChI=1S/C26H25FN6O4/c1-5-18-23(19(6-2)37-30-18)16-12-21-17(11-20(16)35-13-22-29-31-32-33(22)4)24(26(34)28-3)25(36-21)14-7-9-15(27)10-8-14/h7-12H,5-6,13H2,1-4H3,(H,28,34). The predicted molar refractivity (Wildman–Crippen MR) is 132 cm³/mol. The van der Waals surface area contributed by atoms with Crippen molar-refractivity contribution in [2.45, 2.75) is 33.3 Å². The molecule has 0 spiro atoms. The summed E-state index contributed by atoms with van der Waals surface area (Å²) in [5, 5.41) is 19.0. The highest BCUT2D eigenvalue weighted by Crippen LogP contribution is 2.43. The van der Waals surface area contributed by atoms with Gasteiger partial charge in [0.2, 0.25) is 0 Å². The fourth-order valence-electron chi connectivity index (χ4n) is 4.26. The molecule has 0 unspecified atom stereocenters. The molecule has 0 saturated heterocycles. The molecule has 3 aromatic heterocycles. The second kappa shape index (κ2) is 9.84. The maximum Gasteiger partial charge on any atom is 0.255 e. The fraction of sp³-hybridized carbons (Fsp3) is 0.269. The van der Waals surface area contributed by atoms with Crippen LogP contribution in [0.2, 0.25) is 0 Å². The van der Waals surface area contributed by atoms with E-state index in [4.69, 9.17) is 13.7 Å². The van der Waals surface area contributed by atoms with Crippen molar-refractivity contribution >= 4 is 16.9 Å². The molecule has 0 atom stereocenters. The summed E-state index contributed by atoms with van der Waals surface area (Å²) >= 11 is 0. The van der Waals surface area contributed by atoms with Crippen LogP contribution >= 0.6 is 0 Å².